The second kappa shape index (κ2) is 2.76. The molecule has 8 heavy (non-hydrogen) atoms. The first-order chi connectivity index (χ1) is 2.94. The van der Waals surface area contributed by atoms with Gasteiger partial charge in [0, 0.05) is 0 Å². The van der Waals surface area contributed by atoms with Crippen LogP contribution in [-0.4, -0.2) is 12.1 Å². The number of amides is 1. The Morgan fingerprint density at radius 1 is 1.38 bits per heavy atom. The summed E-state index contributed by atoms with van der Waals surface area (Å²) in [7, 11) is 0. The van der Waals surface area contributed by atoms with E-state index in [1.807, 2.05) is 0 Å². The van der Waals surface area contributed by atoms with Crippen molar-refractivity contribution in [3.05, 3.63) is 0 Å². The first kappa shape index (κ1) is 10.5. The van der Waals surface area contributed by atoms with Crippen LogP contribution in [0.1, 0.15) is 0 Å². The van der Waals surface area contributed by atoms with Gasteiger partial charge in [-0.05, 0) is 0 Å². The lowest BCUT2D eigenvalue weighted by Gasteiger charge is -1.94. The van der Waals surface area contributed by atoms with Gasteiger partial charge in [-0.15, -0.1) is 12.4 Å². The average Bonchev–Trinajstić information content (AvgIpc) is 1.31. The van der Waals surface area contributed by atoms with E-state index in [2.05, 4.69) is 0 Å². The quantitative estimate of drug-likeness (QED) is 0.501. The summed E-state index contributed by atoms with van der Waals surface area (Å²) < 4.78 is 31.9. The highest BCUT2D eigenvalue weighted by Gasteiger charge is 2.36. The van der Waals surface area contributed by atoms with Crippen LogP contribution in [0.25, 0.3) is 0 Å². The third kappa shape index (κ3) is 3.73. The molecule has 2 nitrogen and oxygen atoms in total. The smallest absolute Gasteiger partial charge is 0.263 e. The van der Waals surface area contributed by atoms with Crippen molar-refractivity contribution < 1.29 is 18.0 Å². The van der Waals surface area contributed by atoms with E-state index in [0.717, 1.165) is 0 Å². The summed E-state index contributed by atoms with van der Waals surface area (Å²) in [5.74, 6) is -2.51. The van der Waals surface area contributed by atoms with Crippen molar-refractivity contribution >= 4 is 18.3 Å². The van der Waals surface area contributed by atoms with Gasteiger partial charge in [0.25, 0.3) is 0 Å². The minimum absolute atomic E-state index is 0. The van der Waals surface area contributed by atoms with Gasteiger partial charge in [0.15, 0.2) is 0 Å². The minimum Gasteiger partial charge on any atom is -0.263 e. The van der Waals surface area contributed by atoms with E-state index in [0.29, 0.717) is 0 Å². The summed E-state index contributed by atoms with van der Waals surface area (Å²) in [6.07, 6.45) is -4.97. The van der Waals surface area contributed by atoms with Crippen LogP contribution in [0.4, 0.5) is 13.2 Å². The molecule has 0 saturated carbocycles. The molecule has 1 N–H and O–H groups in total. The Morgan fingerprint density at radius 3 is 1.50 bits per heavy atom. The standard InChI is InChI=1S/C2HF3NO.ClH/c3-2(4,5)1(6)7;/h6H;1H. The van der Waals surface area contributed by atoms with Crippen LogP contribution in [0.2, 0.25) is 0 Å². The SMILES string of the molecule is Cl.[NH]C(=O)C(F)(F)F. The molecule has 0 aliphatic carbocycles. The van der Waals surface area contributed by atoms with Crippen LogP contribution in [0.5, 0.6) is 0 Å². The van der Waals surface area contributed by atoms with Crippen molar-refractivity contribution in [3.8, 4) is 0 Å². The number of carbonyl (C=O) groups is 1. The topological polar surface area (TPSA) is 40.9 Å². The van der Waals surface area contributed by atoms with Gasteiger partial charge in [0.1, 0.15) is 0 Å². The Kier molecular flexibility index (Phi) is 3.63. The molecule has 0 aromatic heterocycles. The van der Waals surface area contributed by atoms with E-state index in [1.165, 1.54) is 0 Å². The molecule has 1 amide bonds. The zero-order chi connectivity index (χ0) is 6.08. The minimum atomic E-state index is -4.97. The average molecular weight is 148 g/mol. The van der Waals surface area contributed by atoms with E-state index in [-0.39, 0.29) is 12.4 Å². The van der Waals surface area contributed by atoms with E-state index in [9.17, 15) is 13.2 Å². The molecule has 1 radical (unpaired) electrons. The molecule has 6 heteroatoms. The zero-order valence-corrected chi connectivity index (χ0v) is 4.27. The fourth-order valence-corrected chi connectivity index (χ4v) is 0. The molecule has 0 atom stereocenters. The molecule has 0 aromatic carbocycles. The van der Waals surface area contributed by atoms with Crippen molar-refractivity contribution in [3.63, 3.8) is 0 Å². The maximum absolute atomic E-state index is 10.6. The van der Waals surface area contributed by atoms with Crippen molar-refractivity contribution in [1.82, 2.24) is 5.73 Å². The van der Waals surface area contributed by atoms with E-state index in [1.54, 1.807) is 0 Å². The number of alkyl halides is 3. The number of nitrogens with one attached hydrogen (secondary N) is 1. The molecule has 0 aliphatic rings. The van der Waals surface area contributed by atoms with Crippen LogP contribution in [-0.2, 0) is 4.79 Å². The molecule has 49 valence electrons. The molecule has 0 rings (SSSR count). The van der Waals surface area contributed by atoms with E-state index >= 15 is 0 Å². The normalized spacial score (nSPS) is 9.88. The molecule has 0 spiro atoms. The van der Waals surface area contributed by atoms with Crippen molar-refractivity contribution in [1.29, 1.82) is 0 Å². The van der Waals surface area contributed by atoms with Gasteiger partial charge in [0.2, 0.25) is 0 Å². The third-order valence-corrected chi connectivity index (χ3v) is 0.257. The number of hydrogen-bond acceptors (Lipinski definition) is 1. The Balaban J connectivity index is 0. The summed E-state index contributed by atoms with van der Waals surface area (Å²) >= 11 is 0. The predicted molar refractivity (Wildman–Crippen MR) is 21.4 cm³/mol. The number of hydrogen-bond donors (Lipinski definition) is 0. The van der Waals surface area contributed by atoms with Crippen LogP contribution >= 0.6 is 12.4 Å². The monoisotopic (exact) mass is 148 g/mol. The van der Waals surface area contributed by atoms with Gasteiger partial charge in [-0.25, -0.2) is 0 Å². The second-order valence-electron chi connectivity index (χ2n) is 0.827. The van der Waals surface area contributed by atoms with Gasteiger partial charge in [-0.2, -0.15) is 13.2 Å². The zero-order valence-electron chi connectivity index (χ0n) is 3.45. The molecule has 0 aromatic rings. The van der Waals surface area contributed by atoms with Crippen LogP contribution in [0.3, 0.4) is 0 Å². The number of carbonyl (C=O) groups excluding carboxylic acids is 1. The highest BCUT2D eigenvalue weighted by Crippen LogP contribution is 2.12. The van der Waals surface area contributed by atoms with Crippen LogP contribution in [0, 0.1) is 0 Å². The predicted octanol–water partition coefficient (Wildman–Crippen LogP) is 0.780. The van der Waals surface area contributed by atoms with Crippen LogP contribution < -0.4 is 5.73 Å². The number of rotatable bonds is 0. The molecular formula is C2H2ClF3NO. The summed E-state index contributed by atoms with van der Waals surface area (Å²) in [6.45, 7) is 0. The van der Waals surface area contributed by atoms with Gasteiger partial charge < -0.3 is 0 Å². The number of halogens is 4. The van der Waals surface area contributed by atoms with E-state index < -0.39 is 12.1 Å². The second-order valence-corrected chi connectivity index (χ2v) is 0.827. The third-order valence-electron chi connectivity index (χ3n) is 0.257. The molecule has 0 fully saturated rings. The lowest BCUT2D eigenvalue weighted by Crippen LogP contribution is -2.22. The summed E-state index contributed by atoms with van der Waals surface area (Å²) in [6, 6.07) is 0. The molecule has 0 bridgehead atoms. The first-order valence-electron chi connectivity index (χ1n) is 1.27. The van der Waals surface area contributed by atoms with Gasteiger partial charge in [0.05, 0.1) is 0 Å². The van der Waals surface area contributed by atoms with Crippen molar-refractivity contribution in [2.45, 2.75) is 6.18 Å². The van der Waals surface area contributed by atoms with Crippen molar-refractivity contribution in [2.24, 2.45) is 0 Å². The maximum atomic E-state index is 10.6. The largest absolute Gasteiger partial charge is 0.472 e. The lowest BCUT2D eigenvalue weighted by atomic mass is 10.6. The Morgan fingerprint density at radius 2 is 1.50 bits per heavy atom. The van der Waals surface area contributed by atoms with Gasteiger partial charge >= 0.3 is 12.1 Å². The molecular weight excluding hydrogens is 146 g/mol. The first-order valence-corrected chi connectivity index (χ1v) is 1.27. The van der Waals surface area contributed by atoms with Gasteiger partial charge in [-0.3, -0.25) is 10.5 Å². The Labute approximate surface area is 49.3 Å². The highest BCUT2D eigenvalue weighted by molar-refractivity contribution is 5.85. The molecule has 0 saturated heterocycles. The summed E-state index contributed by atoms with van der Waals surface area (Å²) in [5.41, 5.74) is 5.47. The summed E-state index contributed by atoms with van der Waals surface area (Å²) in [5, 5.41) is 0. The van der Waals surface area contributed by atoms with Gasteiger partial charge in [-0.1, -0.05) is 0 Å². The molecule has 0 heterocycles. The molecule has 0 unspecified atom stereocenters. The van der Waals surface area contributed by atoms with Crippen molar-refractivity contribution in [2.75, 3.05) is 0 Å². The lowest BCUT2D eigenvalue weighted by molar-refractivity contribution is -0.170. The molecule has 0 aliphatic heterocycles. The van der Waals surface area contributed by atoms with E-state index in [4.69, 9.17) is 10.5 Å². The Hall–Kier alpha value is -0.450. The Bertz CT molecular complexity index is 89.8. The fourth-order valence-electron chi connectivity index (χ4n) is 0. The van der Waals surface area contributed by atoms with Crippen LogP contribution in [0.15, 0.2) is 0 Å². The summed E-state index contributed by atoms with van der Waals surface area (Å²) in [4.78, 5) is 9.01. The maximum Gasteiger partial charge on any atom is 0.472 e. The highest BCUT2D eigenvalue weighted by atomic mass is 35.5. The fraction of sp³-hybridized carbons (Fsp3) is 0.500.